The standard InChI is InChI=1S/C14H20N4O3S/c1-2-13-16-17-14(21-13)12-8-11(9-15-12)22(19,20)18-10-6-4-3-5-7-10/h8-10,15,18H,2-7H2,1H3. The highest BCUT2D eigenvalue weighted by Crippen LogP contribution is 2.23. The summed E-state index contributed by atoms with van der Waals surface area (Å²) in [5.41, 5.74) is 0.510. The second-order valence-electron chi connectivity index (χ2n) is 5.56. The lowest BCUT2D eigenvalue weighted by Gasteiger charge is -2.22. The first-order chi connectivity index (χ1) is 10.6. The van der Waals surface area contributed by atoms with Gasteiger partial charge in [-0.25, -0.2) is 13.1 Å². The van der Waals surface area contributed by atoms with Crippen LogP contribution in [-0.4, -0.2) is 29.6 Å². The molecule has 1 fully saturated rings. The summed E-state index contributed by atoms with van der Waals surface area (Å²) in [4.78, 5) is 3.09. The van der Waals surface area contributed by atoms with Gasteiger partial charge in [-0.1, -0.05) is 26.2 Å². The molecule has 2 heterocycles. The molecule has 22 heavy (non-hydrogen) atoms. The van der Waals surface area contributed by atoms with Crippen molar-refractivity contribution in [2.45, 2.75) is 56.4 Å². The van der Waals surface area contributed by atoms with Crippen LogP contribution in [0.2, 0.25) is 0 Å². The molecule has 0 unspecified atom stereocenters. The molecule has 2 N–H and O–H groups in total. The van der Waals surface area contributed by atoms with E-state index in [0.29, 0.717) is 23.9 Å². The van der Waals surface area contributed by atoms with E-state index in [1.807, 2.05) is 6.92 Å². The number of nitrogens with one attached hydrogen (secondary N) is 2. The average molecular weight is 324 g/mol. The predicted octanol–water partition coefficient (Wildman–Crippen LogP) is 2.24. The molecule has 2 aromatic rings. The normalized spacial score (nSPS) is 17.0. The second kappa shape index (κ2) is 6.21. The molecule has 0 aromatic carbocycles. The largest absolute Gasteiger partial charge is 0.419 e. The van der Waals surface area contributed by atoms with E-state index in [0.717, 1.165) is 25.7 Å². The lowest BCUT2D eigenvalue weighted by molar-refractivity contribution is 0.412. The molecule has 0 aliphatic heterocycles. The van der Waals surface area contributed by atoms with Crippen molar-refractivity contribution in [3.05, 3.63) is 18.2 Å². The fourth-order valence-electron chi connectivity index (χ4n) is 2.67. The molecule has 1 aliphatic carbocycles. The Hall–Kier alpha value is -1.67. The number of hydrogen-bond donors (Lipinski definition) is 2. The van der Waals surface area contributed by atoms with Gasteiger partial charge in [0.05, 0.1) is 0 Å². The zero-order chi connectivity index (χ0) is 15.6. The van der Waals surface area contributed by atoms with Gasteiger partial charge in [0, 0.05) is 18.7 Å². The van der Waals surface area contributed by atoms with Crippen molar-refractivity contribution in [1.82, 2.24) is 19.9 Å². The van der Waals surface area contributed by atoms with Gasteiger partial charge in [-0.3, -0.25) is 0 Å². The lowest BCUT2D eigenvalue weighted by atomic mass is 9.96. The molecule has 8 heteroatoms. The summed E-state index contributed by atoms with van der Waals surface area (Å²) in [6.45, 7) is 1.91. The third kappa shape index (κ3) is 3.22. The fraction of sp³-hybridized carbons (Fsp3) is 0.571. The summed E-state index contributed by atoms with van der Waals surface area (Å²) in [5, 5.41) is 7.78. The Morgan fingerprint density at radius 2 is 2.09 bits per heavy atom. The topological polar surface area (TPSA) is 101 Å². The second-order valence-corrected chi connectivity index (χ2v) is 7.27. The third-order valence-corrected chi connectivity index (χ3v) is 5.39. The Bertz CT molecular complexity index is 729. The van der Waals surface area contributed by atoms with Gasteiger partial charge in [0.25, 0.3) is 5.89 Å². The van der Waals surface area contributed by atoms with E-state index in [2.05, 4.69) is 19.9 Å². The minimum absolute atomic E-state index is 0.0344. The van der Waals surface area contributed by atoms with Crippen LogP contribution < -0.4 is 4.72 Å². The molecule has 0 atom stereocenters. The minimum atomic E-state index is -3.52. The van der Waals surface area contributed by atoms with Gasteiger partial charge in [0.2, 0.25) is 15.9 Å². The zero-order valence-electron chi connectivity index (χ0n) is 12.5. The molecule has 120 valence electrons. The summed E-state index contributed by atoms with van der Waals surface area (Å²) in [6.07, 6.45) is 7.24. The van der Waals surface area contributed by atoms with Crippen LogP contribution in [0.15, 0.2) is 21.6 Å². The van der Waals surface area contributed by atoms with Gasteiger partial charge in [0.15, 0.2) is 0 Å². The van der Waals surface area contributed by atoms with E-state index in [9.17, 15) is 8.42 Å². The van der Waals surface area contributed by atoms with Gasteiger partial charge < -0.3 is 9.40 Å². The van der Waals surface area contributed by atoms with Crippen LogP contribution in [-0.2, 0) is 16.4 Å². The van der Waals surface area contributed by atoms with E-state index in [1.54, 1.807) is 0 Å². The highest BCUT2D eigenvalue weighted by molar-refractivity contribution is 7.89. The smallest absolute Gasteiger partial charge is 0.264 e. The van der Waals surface area contributed by atoms with Gasteiger partial charge in [-0.2, -0.15) is 0 Å². The number of sulfonamides is 1. The molecule has 0 radical (unpaired) electrons. The van der Waals surface area contributed by atoms with E-state index >= 15 is 0 Å². The number of aryl methyl sites for hydroxylation is 1. The summed E-state index contributed by atoms with van der Waals surface area (Å²) in [7, 11) is -3.52. The summed E-state index contributed by atoms with van der Waals surface area (Å²) in [5.74, 6) is 0.824. The van der Waals surface area contributed by atoms with Crippen molar-refractivity contribution < 1.29 is 12.8 Å². The van der Waals surface area contributed by atoms with Crippen LogP contribution in [0, 0.1) is 0 Å². The Morgan fingerprint density at radius 1 is 1.32 bits per heavy atom. The molecular formula is C14H20N4O3S. The maximum absolute atomic E-state index is 12.4. The fourth-order valence-corrected chi connectivity index (χ4v) is 3.96. The third-order valence-electron chi connectivity index (χ3n) is 3.89. The molecule has 3 rings (SSSR count). The Balaban J connectivity index is 1.76. The van der Waals surface area contributed by atoms with Crippen LogP contribution in [0.1, 0.15) is 44.9 Å². The van der Waals surface area contributed by atoms with Crippen molar-refractivity contribution >= 4 is 10.0 Å². The van der Waals surface area contributed by atoms with Crippen molar-refractivity contribution in [2.24, 2.45) is 0 Å². The van der Waals surface area contributed by atoms with Crippen LogP contribution in [0.4, 0.5) is 0 Å². The van der Waals surface area contributed by atoms with Crippen LogP contribution in [0.5, 0.6) is 0 Å². The van der Waals surface area contributed by atoms with E-state index in [-0.39, 0.29) is 10.9 Å². The van der Waals surface area contributed by atoms with Gasteiger partial charge in [-0.15, -0.1) is 10.2 Å². The number of hydrogen-bond acceptors (Lipinski definition) is 5. The summed E-state index contributed by atoms with van der Waals surface area (Å²) >= 11 is 0. The Labute approximate surface area is 129 Å². The number of aromatic nitrogens is 3. The molecule has 0 amide bonds. The van der Waals surface area contributed by atoms with Crippen molar-refractivity contribution in [3.8, 4) is 11.6 Å². The monoisotopic (exact) mass is 324 g/mol. The molecule has 0 spiro atoms. The Kier molecular flexibility index (Phi) is 4.30. The highest BCUT2D eigenvalue weighted by Gasteiger charge is 2.23. The minimum Gasteiger partial charge on any atom is -0.419 e. The lowest BCUT2D eigenvalue weighted by Crippen LogP contribution is -2.35. The average Bonchev–Trinajstić information content (AvgIpc) is 3.17. The SMILES string of the molecule is CCc1nnc(-c2cc(S(=O)(=O)NC3CCCCC3)c[nH]2)o1. The molecule has 7 nitrogen and oxygen atoms in total. The quantitative estimate of drug-likeness (QED) is 0.878. The zero-order valence-corrected chi connectivity index (χ0v) is 13.3. The van der Waals surface area contributed by atoms with Crippen molar-refractivity contribution in [3.63, 3.8) is 0 Å². The molecule has 1 aliphatic rings. The maximum Gasteiger partial charge on any atom is 0.264 e. The molecular weight excluding hydrogens is 304 g/mol. The van der Waals surface area contributed by atoms with Crippen LogP contribution in [0.3, 0.4) is 0 Å². The van der Waals surface area contributed by atoms with Crippen molar-refractivity contribution in [2.75, 3.05) is 0 Å². The predicted molar refractivity (Wildman–Crippen MR) is 80.7 cm³/mol. The number of rotatable bonds is 5. The van der Waals surface area contributed by atoms with Crippen LogP contribution in [0.25, 0.3) is 11.6 Å². The number of H-pyrrole nitrogens is 1. The first kappa shape index (κ1) is 15.2. The summed E-state index contributed by atoms with van der Waals surface area (Å²) in [6, 6.07) is 1.56. The van der Waals surface area contributed by atoms with Crippen LogP contribution >= 0.6 is 0 Å². The molecule has 1 saturated carbocycles. The van der Waals surface area contributed by atoms with E-state index in [1.165, 1.54) is 18.7 Å². The number of aromatic amines is 1. The van der Waals surface area contributed by atoms with Gasteiger partial charge >= 0.3 is 0 Å². The molecule has 0 saturated heterocycles. The first-order valence-electron chi connectivity index (χ1n) is 7.62. The Morgan fingerprint density at radius 3 is 2.77 bits per heavy atom. The number of nitrogens with zero attached hydrogens (tertiary/aromatic N) is 2. The first-order valence-corrected chi connectivity index (χ1v) is 9.10. The van der Waals surface area contributed by atoms with Gasteiger partial charge in [-0.05, 0) is 18.9 Å². The maximum atomic E-state index is 12.4. The van der Waals surface area contributed by atoms with Gasteiger partial charge in [0.1, 0.15) is 10.6 Å². The van der Waals surface area contributed by atoms with E-state index in [4.69, 9.17) is 4.42 Å². The van der Waals surface area contributed by atoms with Crippen molar-refractivity contribution in [1.29, 1.82) is 0 Å². The van der Waals surface area contributed by atoms with E-state index < -0.39 is 10.0 Å². The highest BCUT2D eigenvalue weighted by atomic mass is 32.2. The molecule has 0 bridgehead atoms. The summed E-state index contributed by atoms with van der Waals surface area (Å²) < 4.78 is 33.0. The molecule has 2 aromatic heterocycles.